The number of halogens is 2. The third-order valence-corrected chi connectivity index (χ3v) is 9.83. The molecule has 7 nitrogen and oxygen atoms in total. The number of fused-ring (bicyclic) bond motifs is 1. The lowest BCUT2D eigenvalue weighted by Crippen LogP contribution is -2.59. The average molecular weight is 608 g/mol. The number of benzene rings is 2. The van der Waals surface area contributed by atoms with Crippen molar-refractivity contribution in [2.75, 3.05) is 24.4 Å². The Morgan fingerprint density at radius 3 is 2.40 bits per heavy atom. The van der Waals surface area contributed by atoms with E-state index in [0.717, 1.165) is 11.3 Å². The summed E-state index contributed by atoms with van der Waals surface area (Å²) >= 11 is 6.83. The second kappa shape index (κ2) is 11.0. The van der Waals surface area contributed by atoms with E-state index in [1.807, 2.05) is 38.1 Å². The molecular formula is C32H36ClFN5O2P. The van der Waals surface area contributed by atoms with Crippen LogP contribution in [0.3, 0.4) is 0 Å². The Morgan fingerprint density at radius 1 is 1.07 bits per heavy atom. The van der Waals surface area contributed by atoms with Crippen LogP contribution >= 0.6 is 19.0 Å². The van der Waals surface area contributed by atoms with Crippen LogP contribution in [0.1, 0.15) is 45.7 Å². The van der Waals surface area contributed by atoms with Gasteiger partial charge in [0.15, 0.2) is 5.82 Å². The SMILES string of the molecule is C=CC(=O)N1C[C@H](C)N(C2=NP(C)(=O)N(c3ccccc3C(C)(C)C)c3nc(-c4ccccc4F)c(Cl)cc32)C[C@H]1C. The molecule has 0 radical (unpaired) electrons. The summed E-state index contributed by atoms with van der Waals surface area (Å²) in [6.45, 7) is 16.4. The first-order valence-electron chi connectivity index (χ1n) is 14.0. The van der Waals surface area contributed by atoms with Gasteiger partial charge in [0.05, 0.1) is 22.0 Å². The number of pyridine rings is 1. The summed E-state index contributed by atoms with van der Waals surface area (Å²) < 4.78 is 36.4. The number of hydrogen-bond acceptors (Lipinski definition) is 4. The van der Waals surface area contributed by atoms with Crippen molar-refractivity contribution < 1.29 is 13.8 Å². The Kier molecular flexibility index (Phi) is 7.84. The van der Waals surface area contributed by atoms with Crippen LogP contribution in [-0.4, -0.2) is 58.4 Å². The van der Waals surface area contributed by atoms with Gasteiger partial charge in [0.2, 0.25) is 5.91 Å². The van der Waals surface area contributed by atoms with Gasteiger partial charge in [-0.25, -0.2) is 9.37 Å². The van der Waals surface area contributed by atoms with E-state index in [1.165, 1.54) is 12.1 Å². The summed E-state index contributed by atoms with van der Waals surface area (Å²) in [5, 5.41) is 0.254. The van der Waals surface area contributed by atoms with Crippen LogP contribution in [0.2, 0.25) is 5.02 Å². The van der Waals surface area contributed by atoms with Crippen LogP contribution < -0.4 is 4.67 Å². The molecule has 1 aromatic heterocycles. The third kappa shape index (κ3) is 5.27. The Hall–Kier alpha value is -3.48. The molecule has 3 aromatic rings. The number of carbonyl (C=O) groups excluding carboxylic acids is 1. The predicted molar refractivity (Wildman–Crippen MR) is 170 cm³/mol. The molecule has 1 saturated heterocycles. The Labute approximate surface area is 252 Å². The number of carbonyl (C=O) groups is 1. The van der Waals surface area contributed by atoms with Crippen molar-refractivity contribution >= 4 is 42.3 Å². The first kappa shape index (κ1) is 30.0. The molecule has 10 heteroatoms. The summed E-state index contributed by atoms with van der Waals surface area (Å²) in [7, 11) is -3.51. The van der Waals surface area contributed by atoms with E-state index in [9.17, 15) is 9.36 Å². The fourth-order valence-corrected chi connectivity index (χ4v) is 7.76. The van der Waals surface area contributed by atoms with Crippen LogP contribution in [0.4, 0.5) is 15.9 Å². The van der Waals surface area contributed by atoms with Crippen molar-refractivity contribution in [2.24, 2.45) is 4.76 Å². The Balaban J connectivity index is 1.75. The molecule has 5 rings (SSSR count). The highest BCUT2D eigenvalue weighted by molar-refractivity contribution is 7.64. The first-order valence-corrected chi connectivity index (χ1v) is 16.4. The van der Waals surface area contributed by atoms with Crippen molar-refractivity contribution in [3.05, 3.63) is 89.2 Å². The number of amides is 1. The largest absolute Gasteiger partial charge is 0.349 e. The molecule has 0 spiro atoms. The first-order chi connectivity index (χ1) is 19.7. The number of aromatic nitrogens is 1. The zero-order valence-corrected chi connectivity index (χ0v) is 26.5. The molecule has 0 bridgehead atoms. The number of nitrogens with zero attached hydrogens (tertiary/aromatic N) is 5. The minimum absolute atomic E-state index is 0.134. The number of piperazine rings is 1. The quantitative estimate of drug-likeness (QED) is 0.226. The van der Waals surface area contributed by atoms with Crippen LogP contribution in [0.15, 0.2) is 72.0 Å². The van der Waals surface area contributed by atoms with Gasteiger partial charge in [-0.3, -0.25) is 14.0 Å². The van der Waals surface area contributed by atoms with Crippen LogP contribution in [0.25, 0.3) is 11.3 Å². The Bertz CT molecular complexity index is 1650. The second-order valence-electron chi connectivity index (χ2n) is 12.1. The van der Waals surface area contributed by atoms with Gasteiger partial charge in [-0.1, -0.05) is 69.3 Å². The maximum Gasteiger partial charge on any atom is 0.285 e. The van der Waals surface area contributed by atoms with E-state index in [2.05, 4.69) is 32.3 Å². The molecule has 0 aliphatic carbocycles. The van der Waals surface area contributed by atoms with E-state index >= 15 is 4.39 Å². The molecule has 42 heavy (non-hydrogen) atoms. The summed E-state index contributed by atoms with van der Waals surface area (Å²) in [6.07, 6.45) is 1.32. The lowest BCUT2D eigenvalue weighted by Gasteiger charge is -2.47. The minimum atomic E-state index is -3.51. The van der Waals surface area contributed by atoms with Crippen LogP contribution in [-0.2, 0) is 14.8 Å². The normalized spacial score (nSPS) is 22.5. The molecule has 2 aliphatic heterocycles. The number of hydrogen-bond donors (Lipinski definition) is 0. The predicted octanol–water partition coefficient (Wildman–Crippen LogP) is 7.67. The van der Waals surface area contributed by atoms with Crippen molar-refractivity contribution in [1.29, 1.82) is 0 Å². The minimum Gasteiger partial charge on any atom is -0.349 e. The maximum atomic E-state index is 15.0. The van der Waals surface area contributed by atoms with Gasteiger partial charge in [-0.15, -0.1) is 0 Å². The number of rotatable bonds is 3. The summed E-state index contributed by atoms with van der Waals surface area (Å²) in [6, 6.07) is 15.6. The molecule has 2 aliphatic rings. The van der Waals surface area contributed by atoms with Gasteiger partial charge >= 0.3 is 0 Å². The highest BCUT2D eigenvalue weighted by Crippen LogP contribution is 2.60. The van der Waals surface area contributed by atoms with E-state index in [4.69, 9.17) is 21.3 Å². The summed E-state index contributed by atoms with van der Waals surface area (Å²) in [5.41, 5.74) is 2.52. The zero-order chi connectivity index (χ0) is 30.6. The monoisotopic (exact) mass is 607 g/mol. The van der Waals surface area contributed by atoms with E-state index in [0.29, 0.717) is 30.3 Å². The van der Waals surface area contributed by atoms with Gasteiger partial charge in [0.1, 0.15) is 11.7 Å². The van der Waals surface area contributed by atoms with Crippen LogP contribution in [0, 0.1) is 5.82 Å². The highest BCUT2D eigenvalue weighted by Gasteiger charge is 2.43. The summed E-state index contributed by atoms with van der Waals surface area (Å²) in [4.78, 5) is 21.3. The highest BCUT2D eigenvalue weighted by atomic mass is 35.5. The molecule has 3 heterocycles. The fourth-order valence-electron chi connectivity index (χ4n) is 5.76. The van der Waals surface area contributed by atoms with Gasteiger partial charge < -0.3 is 9.80 Å². The molecular weight excluding hydrogens is 572 g/mol. The van der Waals surface area contributed by atoms with Gasteiger partial charge in [0.25, 0.3) is 7.44 Å². The Morgan fingerprint density at radius 2 is 1.74 bits per heavy atom. The standard InChI is InChI=1S/C32H36ClFN5O2P/c1-8-28(40)37-18-21(3)38(19-20(37)2)31-23-17-25(33)29(22-13-9-11-15-26(22)34)35-30(23)39(42(7,41)36-31)27-16-12-10-14-24(27)32(4,5)6/h8-17,20-21H,1,18-19H2,2-7H3/t20-,21+,42?/m1/s1. The smallest absolute Gasteiger partial charge is 0.285 e. The molecule has 220 valence electrons. The number of para-hydroxylation sites is 1. The number of amidine groups is 1. The van der Waals surface area contributed by atoms with Gasteiger partial charge in [-0.05, 0) is 55.2 Å². The maximum absolute atomic E-state index is 15.0. The van der Waals surface area contributed by atoms with Crippen molar-refractivity contribution in [1.82, 2.24) is 14.8 Å². The van der Waals surface area contributed by atoms with Crippen LogP contribution in [0.5, 0.6) is 0 Å². The van der Waals surface area contributed by atoms with E-state index in [1.54, 1.807) is 40.5 Å². The van der Waals surface area contributed by atoms with Crippen molar-refractivity contribution in [2.45, 2.75) is 52.1 Å². The molecule has 0 N–H and O–H groups in total. The van der Waals surface area contributed by atoms with Crippen molar-refractivity contribution in [3.8, 4) is 11.3 Å². The zero-order valence-electron chi connectivity index (χ0n) is 24.8. The lowest BCUT2D eigenvalue weighted by molar-refractivity contribution is -0.130. The molecule has 1 fully saturated rings. The average Bonchev–Trinajstić information content (AvgIpc) is 2.93. The molecule has 3 atom stereocenters. The lowest BCUT2D eigenvalue weighted by atomic mass is 9.86. The summed E-state index contributed by atoms with van der Waals surface area (Å²) in [5.74, 6) is 0.308. The number of anilines is 2. The topological polar surface area (TPSA) is 69.1 Å². The molecule has 1 unspecified atom stereocenters. The van der Waals surface area contributed by atoms with Gasteiger partial charge in [-0.2, -0.15) is 4.76 Å². The second-order valence-corrected chi connectivity index (χ2v) is 14.7. The van der Waals surface area contributed by atoms with Crippen molar-refractivity contribution in [3.63, 3.8) is 0 Å². The third-order valence-electron chi connectivity index (χ3n) is 7.83. The van der Waals surface area contributed by atoms with Gasteiger partial charge in [0, 0.05) is 37.4 Å². The molecule has 2 aromatic carbocycles. The van der Waals surface area contributed by atoms with E-state index in [-0.39, 0.29) is 39.7 Å². The fraction of sp³-hybridized carbons (Fsp3) is 0.344. The van der Waals surface area contributed by atoms with E-state index < -0.39 is 13.3 Å². The molecule has 0 saturated carbocycles. The molecule has 1 amide bonds.